The van der Waals surface area contributed by atoms with Crippen molar-refractivity contribution in [3.8, 4) is 17.2 Å². The van der Waals surface area contributed by atoms with Gasteiger partial charge in [-0.2, -0.15) is 5.26 Å². The van der Waals surface area contributed by atoms with Gasteiger partial charge in [0.15, 0.2) is 0 Å². The summed E-state index contributed by atoms with van der Waals surface area (Å²) in [4.78, 5) is 0. The zero-order chi connectivity index (χ0) is 18.2. The summed E-state index contributed by atoms with van der Waals surface area (Å²) in [6, 6.07) is 18.6. The molecule has 2 atom stereocenters. The van der Waals surface area contributed by atoms with Crippen LogP contribution in [-0.4, -0.2) is 6.61 Å². The molecule has 0 radical (unpaired) electrons. The summed E-state index contributed by atoms with van der Waals surface area (Å²) < 4.78 is 6.17. The molecule has 136 valence electrons. The second-order valence-electron chi connectivity index (χ2n) is 7.43. The van der Waals surface area contributed by atoms with Gasteiger partial charge in [-0.25, -0.2) is 0 Å². The first-order valence-corrected chi connectivity index (χ1v) is 10.0. The van der Waals surface area contributed by atoms with E-state index in [1.54, 1.807) is 0 Å². The van der Waals surface area contributed by atoms with Crippen LogP contribution in [0.25, 0.3) is 11.1 Å². The van der Waals surface area contributed by atoms with Crippen molar-refractivity contribution in [2.24, 2.45) is 5.92 Å². The number of hydrogen-bond donors (Lipinski definition) is 0. The van der Waals surface area contributed by atoms with E-state index in [1.165, 1.54) is 49.7 Å². The molecule has 2 nitrogen and oxygen atoms in total. The Hall–Kier alpha value is -2.11. The zero-order valence-electron chi connectivity index (χ0n) is 15.8. The molecule has 0 N–H and O–H groups in total. The Bertz CT molecular complexity index is 703. The lowest BCUT2D eigenvalue weighted by Gasteiger charge is -2.29. The van der Waals surface area contributed by atoms with Crippen LogP contribution in [-0.2, 0) is 4.74 Å². The fraction of sp³-hybridized carbons (Fsp3) is 0.458. The standard InChI is InChI=1S/C24H29NO/c1-2-3-4-5-6-20-9-16-24(26-18-20)23-14-12-22(13-15-23)21-10-7-19(17-25)8-11-21/h7-8,10-15,20,24H,2-6,9,16,18H2,1H3. The highest BCUT2D eigenvalue weighted by Gasteiger charge is 2.22. The third kappa shape index (κ3) is 4.96. The van der Waals surface area contributed by atoms with Crippen molar-refractivity contribution in [3.05, 3.63) is 59.7 Å². The minimum Gasteiger partial charge on any atom is -0.373 e. The van der Waals surface area contributed by atoms with Crippen LogP contribution >= 0.6 is 0 Å². The van der Waals surface area contributed by atoms with E-state index in [4.69, 9.17) is 10.00 Å². The number of benzene rings is 2. The Morgan fingerprint density at radius 1 is 0.923 bits per heavy atom. The van der Waals surface area contributed by atoms with E-state index in [9.17, 15) is 0 Å². The molecule has 0 spiro atoms. The largest absolute Gasteiger partial charge is 0.373 e. The van der Waals surface area contributed by atoms with Crippen LogP contribution < -0.4 is 0 Å². The van der Waals surface area contributed by atoms with E-state index in [1.807, 2.05) is 24.3 Å². The van der Waals surface area contributed by atoms with Gasteiger partial charge in [-0.15, -0.1) is 0 Å². The van der Waals surface area contributed by atoms with Crippen molar-refractivity contribution in [3.63, 3.8) is 0 Å². The first kappa shape index (κ1) is 18.7. The van der Waals surface area contributed by atoms with E-state index in [-0.39, 0.29) is 6.10 Å². The molecule has 1 aliphatic rings. The van der Waals surface area contributed by atoms with Crippen molar-refractivity contribution < 1.29 is 4.74 Å². The van der Waals surface area contributed by atoms with Gasteiger partial charge in [0.1, 0.15) is 0 Å². The Morgan fingerprint density at radius 3 is 2.19 bits per heavy atom. The average molecular weight is 348 g/mol. The van der Waals surface area contributed by atoms with E-state index >= 15 is 0 Å². The van der Waals surface area contributed by atoms with E-state index < -0.39 is 0 Å². The molecule has 3 rings (SSSR count). The van der Waals surface area contributed by atoms with Crippen LogP contribution in [0.15, 0.2) is 48.5 Å². The van der Waals surface area contributed by atoms with E-state index in [2.05, 4.69) is 37.3 Å². The highest BCUT2D eigenvalue weighted by atomic mass is 16.5. The van der Waals surface area contributed by atoms with Crippen LogP contribution in [0.2, 0.25) is 0 Å². The minimum atomic E-state index is 0.247. The molecule has 1 saturated heterocycles. The lowest BCUT2D eigenvalue weighted by atomic mass is 9.90. The fourth-order valence-corrected chi connectivity index (χ4v) is 3.78. The molecular weight excluding hydrogens is 318 g/mol. The Kier molecular flexibility index (Phi) is 6.86. The molecule has 2 unspecified atom stereocenters. The second-order valence-corrected chi connectivity index (χ2v) is 7.43. The third-order valence-corrected chi connectivity index (χ3v) is 5.47. The third-order valence-electron chi connectivity index (χ3n) is 5.47. The Balaban J connectivity index is 1.52. The van der Waals surface area contributed by atoms with Crippen molar-refractivity contribution >= 4 is 0 Å². The highest BCUT2D eigenvalue weighted by molar-refractivity contribution is 5.64. The topological polar surface area (TPSA) is 33.0 Å². The number of hydrogen-bond acceptors (Lipinski definition) is 2. The molecule has 2 heteroatoms. The van der Waals surface area contributed by atoms with Crippen LogP contribution in [0.4, 0.5) is 0 Å². The minimum absolute atomic E-state index is 0.247. The molecular formula is C24H29NO. The Morgan fingerprint density at radius 2 is 1.62 bits per heavy atom. The van der Waals surface area contributed by atoms with Crippen molar-refractivity contribution in [2.75, 3.05) is 6.61 Å². The lowest BCUT2D eigenvalue weighted by molar-refractivity contribution is -0.0198. The van der Waals surface area contributed by atoms with Crippen molar-refractivity contribution in [2.45, 2.75) is 58.0 Å². The van der Waals surface area contributed by atoms with Gasteiger partial charge in [0.2, 0.25) is 0 Å². The van der Waals surface area contributed by atoms with Crippen molar-refractivity contribution in [1.29, 1.82) is 5.26 Å². The summed E-state index contributed by atoms with van der Waals surface area (Å²) >= 11 is 0. The summed E-state index contributed by atoms with van der Waals surface area (Å²) in [7, 11) is 0. The van der Waals surface area contributed by atoms with E-state index in [0.29, 0.717) is 5.56 Å². The van der Waals surface area contributed by atoms with Gasteiger partial charge in [-0.3, -0.25) is 0 Å². The first-order valence-electron chi connectivity index (χ1n) is 10.0. The molecule has 0 bridgehead atoms. The average Bonchev–Trinajstić information content (AvgIpc) is 2.72. The maximum atomic E-state index is 8.91. The smallest absolute Gasteiger partial charge is 0.0991 e. The predicted octanol–water partition coefficient (Wildman–Crippen LogP) is 6.66. The maximum absolute atomic E-state index is 8.91. The highest BCUT2D eigenvalue weighted by Crippen LogP contribution is 2.33. The molecule has 0 aliphatic carbocycles. The van der Waals surface area contributed by atoms with Gasteiger partial charge >= 0.3 is 0 Å². The van der Waals surface area contributed by atoms with Gasteiger partial charge in [0.25, 0.3) is 0 Å². The van der Waals surface area contributed by atoms with E-state index in [0.717, 1.165) is 24.5 Å². The van der Waals surface area contributed by atoms with Crippen LogP contribution in [0.3, 0.4) is 0 Å². The zero-order valence-corrected chi connectivity index (χ0v) is 15.8. The van der Waals surface area contributed by atoms with Crippen LogP contribution in [0.5, 0.6) is 0 Å². The summed E-state index contributed by atoms with van der Waals surface area (Å²) in [6.45, 7) is 3.18. The molecule has 0 saturated carbocycles. The SMILES string of the molecule is CCCCCCC1CCC(c2ccc(-c3ccc(C#N)cc3)cc2)OC1. The monoisotopic (exact) mass is 347 g/mol. The van der Waals surface area contributed by atoms with Gasteiger partial charge in [0, 0.05) is 0 Å². The molecule has 1 fully saturated rings. The molecule has 0 amide bonds. The number of ether oxygens (including phenoxy) is 1. The van der Waals surface area contributed by atoms with Crippen LogP contribution in [0, 0.1) is 17.2 Å². The molecule has 1 aliphatic heterocycles. The number of nitrogens with zero attached hydrogens (tertiary/aromatic N) is 1. The van der Waals surface area contributed by atoms with Crippen LogP contribution in [0.1, 0.15) is 69.1 Å². The van der Waals surface area contributed by atoms with Gasteiger partial charge < -0.3 is 4.74 Å². The Labute approximate surface area is 157 Å². The molecule has 2 aromatic carbocycles. The number of rotatable bonds is 7. The molecule has 26 heavy (non-hydrogen) atoms. The number of unbranched alkanes of at least 4 members (excludes halogenated alkanes) is 3. The quantitative estimate of drug-likeness (QED) is 0.524. The lowest BCUT2D eigenvalue weighted by Crippen LogP contribution is -2.20. The number of nitriles is 1. The van der Waals surface area contributed by atoms with Crippen molar-refractivity contribution in [1.82, 2.24) is 0 Å². The maximum Gasteiger partial charge on any atom is 0.0991 e. The van der Waals surface area contributed by atoms with Gasteiger partial charge in [-0.1, -0.05) is 69.0 Å². The van der Waals surface area contributed by atoms with Gasteiger partial charge in [-0.05, 0) is 54.0 Å². The normalized spacial score (nSPS) is 19.8. The molecule has 0 aromatic heterocycles. The second kappa shape index (κ2) is 9.55. The fourth-order valence-electron chi connectivity index (χ4n) is 3.78. The first-order chi connectivity index (χ1) is 12.8. The van der Waals surface area contributed by atoms with Gasteiger partial charge in [0.05, 0.1) is 24.3 Å². The summed E-state index contributed by atoms with van der Waals surface area (Å²) in [5.74, 6) is 0.751. The summed E-state index contributed by atoms with van der Waals surface area (Å²) in [5, 5.41) is 8.91. The predicted molar refractivity (Wildman–Crippen MR) is 107 cm³/mol. The summed E-state index contributed by atoms with van der Waals surface area (Å²) in [5.41, 5.74) is 4.31. The summed E-state index contributed by atoms with van der Waals surface area (Å²) in [6.07, 6.45) is 9.38. The molecule has 2 aromatic rings. The molecule has 1 heterocycles.